The van der Waals surface area contributed by atoms with Crippen LogP contribution in [0.3, 0.4) is 0 Å². The second kappa shape index (κ2) is 8.16. The number of benzene rings is 4. The zero-order valence-electron chi connectivity index (χ0n) is 18.0. The van der Waals surface area contributed by atoms with Gasteiger partial charge in [0.25, 0.3) is 5.91 Å². The smallest absolute Gasteiger partial charge is 0.276 e. The molecule has 0 radical (unpaired) electrons. The van der Waals surface area contributed by atoms with Crippen LogP contribution >= 0.6 is 0 Å². The summed E-state index contributed by atoms with van der Waals surface area (Å²) in [5, 5.41) is 9.96. The Balaban J connectivity index is 1.64. The Labute approximate surface area is 187 Å². The lowest BCUT2D eigenvalue weighted by atomic mass is 10.0. The lowest BCUT2D eigenvalue weighted by Crippen LogP contribution is -2.13. The number of hydrogen-bond acceptors (Lipinski definition) is 2. The van der Waals surface area contributed by atoms with E-state index >= 15 is 0 Å². The average molecular weight is 418 g/mol. The molecular formula is C28H23N3O. The molecule has 4 aromatic carbocycles. The van der Waals surface area contributed by atoms with Crippen LogP contribution in [0.4, 0.5) is 5.69 Å². The van der Waals surface area contributed by atoms with E-state index in [9.17, 15) is 4.79 Å². The van der Waals surface area contributed by atoms with Gasteiger partial charge >= 0.3 is 0 Å². The van der Waals surface area contributed by atoms with Crippen molar-refractivity contribution in [1.29, 1.82) is 0 Å². The quantitative estimate of drug-likeness (QED) is 0.360. The van der Waals surface area contributed by atoms with Gasteiger partial charge < -0.3 is 5.32 Å². The molecule has 0 spiro atoms. The molecule has 5 aromatic rings. The van der Waals surface area contributed by atoms with Crippen molar-refractivity contribution < 1.29 is 4.79 Å². The molecule has 0 saturated carbocycles. The molecule has 4 nitrogen and oxygen atoms in total. The number of carbonyl (C=O) groups is 1. The predicted molar refractivity (Wildman–Crippen MR) is 130 cm³/mol. The van der Waals surface area contributed by atoms with Crippen LogP contribution in [0.1, 0.15) is 21.6 Å². The Morgan fingerprint density at radius 3 is 2.34 bits per heavy atom. The molecule has 0 aliphatic rings. The van der Waals surface area contributed by atoms with Crippen LogP contribution in [-0.2, 0) is 0 Å². The first-order valence-corrected chi connectivity index (χ1v) is 10.6. The van der Waals surface area contributed by atoms with Gasteiger partial charge in [-0.25, -0.2) is 4.68 Å². The van der Waals surface area contributed by atoms with Gasteiger partial charge in [-0.2, -0.15) is 5.10 Å². The maximum absolute atomic E-state index is 13.1. The number of amides is 1. The topological polar surface area (TPSA) is 46.9 Å². The summed E-state index contributed by atoms with van der Waals surface area (Å²) in [6, 6.07) is 32.2. The van der Waals surface area contributed by atoms with Gasteiger partial charge in [-0.05, 0) is 60.5 Å². The summed E-state index contributed by atoms with van der Waals surface area (Å²) in [6.07, 6.45) is 0. The minimum Gasteiger partial charge on any atom is -0.321 e. The summed E-state index contributed by atoms with van der Waals surface area (Å²) in [5.41, 5.74) is 6.20. The van der Waals surface area contributed by atoms with Gasteiger partial charge in [-0.1, -0.05) is 72.3 Å². The van der Waals surface area contributed by atoms with Gasteiger partial charge in [-0.3, -0.25) is 4.79 Å². The van der Waals surface area contributed by atoms with E-state index in [1.807, 2.05) is 72.3 Å². The van der Waals surface area contributed by atoms with Crippen LogP contribution in [0, 0.1) is 13.8 Å². The lowest BCUT2D eigenvalue weighted by Gasteiger charge is -2.10. The van der Waals surface area contributed by atoms with Crippen molar-refractivity contribution in [2.45, 2.75) is 13.8 Å². The van der Waals surface area contributed by atoms with Crippen molar-refractivity contribution in [1.82, 2.24) is 9.78 Å². The fourth-order valence-electron chi connectivity index (χ4n) is 3.93. The van der Waals surface area contributed by atoms with Crippen LogP contribution in [0.5, 0.6) is 0 Å². The van der Waals surface area contributed by atoms with Gasteiger partial charge in [0.15, 0.2) is 5.69 Å². The van der Waals surface area contributed by atoms with Crippen molar-refractivity contribution in [2.24, 2.45) is 0 Å². The number of nitrogens with one attached hydrogen (secondary N) is 1. The predicted octanol–water partition coefficient (Wildman–Crippen LogP) is 6.56. The van der Waals surface area contributed by atoms with Gasteiger partial charge in [-0.15, -0.1) is 0 Å². The zero-order valence-corrected chi connectivity index (χ0v) is 18.0. The van der Waals surface area contributed by atoms with Crippen LogP contribution in [0.15, 0.2) is 97.1 Å². The molecule has 1 aromatic heterocycles. The van der Waals surface area contributed by atoms with Crippen molar-refractivity contribution in [2.75, 3.05) is 5.32 Å². The number of rotatable bonds is 4. The molecule has 4 heteroatoms. The standard InChI is InChI=1S/C28H23N3O/c1-19-13-15-23(16-14-19)31-27(25-12-6-9-21-8-3-4-11-24(21)25)18-26(30-31)28(32)29-22-10-5-7-20(2)17-22/h3-18H,1-2H3,(H,29,32). The largest absolute Gasteiger partial charge is 0.321 e. The minimum absolute atomic E-state index is 0.233. The molecule has 0 saturated heterocycles. The fourth-order valence-corrected chi connectivity index (χ4v) is 3.93. The summed E-state index contributed by atoms with van der Waals surface area (Å²) in [5.74, 6) is -0.233. The summed E-state index contributed by atoms with van der Waals surface area (Å²) in [7, 11) is 0. The number of aryl methyl sites for hydroxylation is 2. The molecule has 0 fully saturated rings. The first-order valence-electron chi connectivity index (χ1n) is 10.6. The van der Waals surface area contributed by atoms with Crippen molar-refractivity contribution in [3.05, 3.63) is 114 Å². The van der Waals surface area contributed by atoms with E-state index in [4.69, 9.17) is 5.10 Å². The van der Waals surface area contributed by atoms with E-state index in [1.165, 1.54) is 5.56 Å². The Morgan fingerprint density at radius 2 is 1.53 bits per heavy atom. The molecule has 0 aliphatic carbocycles. The van der Waals surface area contributed by atoms with Gasteiger partial charge in [0.2, 0.25) is 0 Å². The van der Waals surface area contributed by atoms with Crippen LogP contribution in [0.25, 0.3) is 27.7 Å². The highest BCUT2D eigenvalue weighted by atomic mass is 16.1. The Bertz CT molecular complexity index is 1430. The summed E-state index contributed by atoms with van der Waals surface area (Å²) in [4.78, 5) is 13.1. The van der Waals surface area contributed by atoms with E-state index in [0.29, 0.717) is 5.69 Å². The van der Waals surface area contributed by atoms with Crippen LogP contribution < -0.4 is 5.32 Å². The fraction of sp³-hybridized carbons (Fsp3) is 0.0714. The van der Waals surface area contributed by atoms with Gasteiger partial charge in [0.1, 0.15) is 0 Å². The molecule has 0 atom stereocenters. The third kappa shape index (κ3) is 3.79. The number of anilines is 1. The number of nitrogens with zero attached hydrogens (tertiary/aromatic N) is 2. The lowest BCUT2D eigenvalue weighted by molar-refractivity contribution is 0.102. The van der Waals surface area contributed by atoms with Crippen LogP contribution in [0.2, 0.25) is 0 Å². The molecular weight excluding hydrogens is 394 g/mol. The van der Waals surface area contributed by atoms with E-state index in [0.717, 1.165) is 39.0 Å². The van der Waals surface area contributed by atoms with E-state index < -0.39 is 0 Å². The monoisotopic (exact) mass is 417 g/mol. The second-order valence-corrected chi connectivity index (χ2v) is 8.01. The first kappa shape index (κ1) is 19.8. The highest BCUT2D eigenvalue weighted by Gasteiger charge is 2.18. The van der Waals surface area contributed by atoms with Gasteiger partial charge in [0.05, 0.1) is 11.4 Å². The third-order valence-electron chi connectivity index (χ3n) is 5.56. The van der Waals surface area contributed by atoms with E-state index in [1.54, 1.807) is 0 Å². The number of hydrogen-bond donors (Lipinski definition) is 1. The number of fused-ring (bicyclic) bond motifs is 1. The SMILES string of the molecule is Cc1ccc(-n2nc(C(=O)Nc3cccc(C)c3)cc2-c2cccc3ccccc23)cc1. The van der Waals surface area contributed by atoms with Crippen molar-refractivity contribution in [3.8, 4) is 16.9 Å². The molecule has 156 valence electrons. The number of carbonyl (C=O) groups excluding carboxylic acids is 1. The minimum atomic E-state index is -0.233. The molecule has 0 aliphatic heterocycles. The zero-order chi connectivity index (χ0) is 22.1. The summed E-state index contributed by atoms with van der Waals surface area (Å²) >= 11 is 0. The number of aromatic nitrogens is 2. The molecule has 0 unspecified atom stereocenters. The maximum Gasteiger partial charge on any atom is 0.276 e. The summed E-state index contributed by atoms with van der Waals surface area (Å²) < 4.78 is 1.85. The molecule has 0 bridgehead atoms. The summed E-state index contributed by atoms with van der Waals surface area (Å²) in [6.45, 7) is 4.06. The molecule has 1 heterocycles. The molecule has 1 N–H and O–H groups in total. The van der Waals surface area contributed by atoms with Crippen molar-refractivity contribution >= 4 is 22.4 Å². The highest BCUT2D eigenvalue weighted by Crippen LogP contribution is 2.31. The van der Waals surface area contributed by atoms with E-state index in [2.05, 4.69) is 48.6 Å². The Morgan fingerprint density at radius 1 is 0.781 bits per heavy atom. The molecule has 5 rings (SSSR count). The highest BCUT2D eigenvalue weighted by molar-refractivity contribution is 6.04. The van der Waals surface area contributed by atoms with Crippen LogP contribution in [-0.4, -0.2) is 15.7 Å². The Hall–Kier alpha value is -4.18. The third-order valence-corrected chi connectivity index (χ3v) is 5.56. The molecule has 32 heavy (non-hydrogen) atoms. The normalized spacial score (nSPS) is 10.9. The molecule has 1 amide bonds. The average Bonchev–Trinajstić information content (AvgIpc) is 3.25. The Kier molecular flexibility index (Phi) is 5.04. The van der Waals surface area contributed by atoms with E-state index in [-0.39, 0.29) is 5.91 Å². The first-order chi connectivity index (χ1) is 15.6. The van der Waals surface area contributed by atoms with Gasteiger partial charge in [0, 0.05) is 11.3 Å². The van der Waals surface area contributed by atoms with Crippen molar-refractivity contribution in [3.63, 3.8) is 0 Å². The maximum atomic E-state index is 13.1. The second-order valence-electron chi connectivity index (χ2n) is 8.01.